The molecule has 26 heavy (non-hydrogen) atoms. The van der Waals surface area contributed by atoms with E-state index in [1.165, 1.54) is 0 Å². The Bertz CT molecular complexity index is 961. The number of nitrogens with zero attached hydrogens (tertiary/aromatic N) is 1. The van der Waals surface area contributed by atoms with E-state index < -0.39 is 0 Å². The van der Waals surface area contributed by atoms with Crippen LogP contribution in [0.4, 0.5) is 0 Å². The summed E-state index contributed by atoms with van der Waals surface area (Å²) in [4.78, 5) is 29.1. The summed E-state index contributed by atoms with van der Waals surface area (Å²) in [6.07, 6.45) is 3.56. The summed E-state index contributed by atoms with van der Waals surface area (Å²) in [6.45, 7) is 3.91. The molecule has 3 nitrogen and oxygen atoms in total. The minimum absolute atomic E-state index is 0.0701. The van der Waals surface area contributed by atoms with Crippen molar-refractivity contribution in [1.29, 1.82) is 0 Å². The Balaban J connectivity index is 1.89. The van der Waals surface area contributed by atoms with Crippen molar-refractivity contribution in [3.05, 3.63) is 57.9 Å². The zero-order valence-electron chi connectivity index (χ0n) is 14.9. The number of aromatic nitrogens is 1. The topological polar surface area (TPSA) is 47.0 Å². The second-order valence-corrected chi connectivity index (χ2v) is 7.70. The molecule has 2 aliphatic carbocycles. The SMILES string of the molecule is Cc1ccc(-c2ccc(Cl)nc2C)cc1C1=C(C=O)[C@H]2CC[C@H](C2)C1=O. The summed E-state index contributed by atoms with van der Waals surface area (Å²) in [5.74, 6) is 0.430. The van der Waals surface area contributed by atoms with Gasteiger partial charge in [0.1, 0.15) is 11.4 Å². The molecule has 1 aromatic heterocycles. The third kappa shape index (κ3) is 2.71. The number of ketones is 1. The van der Waals surface area contributed by atoms with Gasteiger partial charge in [-0.15, -0.1) is 0 Å². The molecule has 1 aromatic carbocycles. The first kappa shape index (κ1) is 17.2. The number of aldehydes is 1. The number of hydrogen-bond donors (Lipinski definition) is 0. The lowest BCUT2D eigenvalue weighted by Gasteiger charge is -2.24. The Morgan fingerprint density at radius 1 is 1.08 bits per heavy atom. The van der Waals surface area contributed by atoms with Crippen LogP contribution in [0.3, 0.4) is 0 Å². The second kappa shape index (κ2) is 6.48. The van der Waals surface area contributed by atoms with E-state index in [9.17, 15) is 9.59 Å². The molecule has 0 spiro atoms. The first-order valence-corrected chi connectivity index (χ1v) is 9.35. The predicted octanol–water partition coefficient (Wildman–Crippen LogP) is 4.97. The van der Waals surface area contributed by atoms with E-state index in [1.54, 1.807) is 6.07 Å². The molecule has 132 valence electrons. The molecule has 0 aliphatic heterocycles. The van der Waals surface area contributed by atoms with E-state index in [-0.39, 0.29) is 17.6 Å². The van der Waals surface area contributed by atoms with Crippen LogP contribution in [0.2, 0.25) is 5.15 Å². The largest absolute Gasteiger partial charge is 0.298 e. The molecule has 4 rings (SSSR count). The zero-order valence-corrected chi connectivity index (χ0v) is 15.6. The molecule has 2 aliphatic rings. The highest BCUT2D eigenvalue weighted by Crippen LogP contribution is 2.46. The van der Waals surface area contributed by atoms with Crippen molar-refractivity contribution in [1.82, 2.24) is 4.98 Å². The van der Waals surface area contributed by atoms with Crippen LogP contribution in [-0.2, 0) is 9.59 Å². The maximum atomic E-state index is 13.0. The van der Waals surface area contributed by atoms with Crippen LogP contribution in [-0.4, -0.2) is 17.1 Å². The molecule has 1 saturated carbocycles. The Morgan fingerprint density at radius 3 is 2.58 bits per heavy atom. The molecule has 0 radical (unpaired) electrons. The number of pyridine rings is 1. The van der Waals surface area contributed by atoms with Crippen LogP contribution in [0, 0.1) is 25.7 Å². The van der Waals surface area contributed by atoms with Gasteiger partial charge in [-0.25, -0.2) is 4.98 Å². The quantitative estimate of drug-likeness (QED) is 0.569. The number of aryl methyl sites for hydroxylation is 2. The Kier molecular flexibility index (Phi) is 4.28. The summed E-state index contributed by atoms with van der Waals surface area (Å²) in [5, 5.41) is 0.462. The van der Waals surface area contributed by atoms with E-state index in [0.717, 1.165) is 53.5 Å². The Labute approximate surface area is 158 Å². The number of allylic oxidation sites excluding steroid dienone is 2. The van der Waals surface area contributed by atoms with Crippen molar-refractivity contribution in [2.75, 3.05) is 0 Å². The van der Waals surface area contributed by atoms with Gasteiger partial charge in [-0.3, -0.25) is 9.59 Å². The summed E-state index contributed by atoms with van der Waals surface area (Å²) in [5.41, 5.74) is 6.02. The highest BCUT2D eigenvalue weighted by molar-refractivity contribution is 6.29. The van der Waals surface area contributed by atoms with Crippen LogP contribution in [0.25, 0.3) is 16.7 Å². The number of Topliss-reactive ketones (excluding diaryl/α,β-unsaturated/α-hetero) is 1. The predicted molar refractivity (Wildman–Crippen MR) is 103 cm³/mol. The molecule has 0 saturated heterocycles. The van der Waals surface area contributed by atoms with Gasteiger partial charge in [0.15, 0.2) is 5.78 Å². The fourth-order valence-electron chi connectivity index (χ4n) is 4.39. The molecular weight excluding hydrogens is 346 g/mol. The van der Waals surface area contributed by atoms with Crippen LogP contribution >= 0.6 is 11.6 Å². The molecule has 2 bridgehead atoms. The first-order chi connectivity index (χ1) is 12.5. The van der Waals surface area contributed by atoms with Crippen molar-refractivity contribution in [2.24, 2.45) is 11.8 Å². The van der Waals surface area contributed by atoms with Crippen LogP contribution in [0.15, 0.2) is 35.9 Å². The lowest BCUT2D eigenvalue weighted by atomic mass is 9.78. The van der Waals surface area contributed by atoms with Gasteiger partial charge in [-0.1, -0.05) is 23.7 Å². The summed E-state index contributed by atoms with van der Waals surface area (Å²) >= 11 is 5.98. The smallest absolute Gasteiger partial charge is 0.166 e. The van der Waals surface area contributed by atoms with E-state index in [2.05, 4.69) is 4.98 Å². The monoisotopic (exact) mass is 365 g/mol. The molecule has 1 heterocycles. The van der Waals surface area contributed by atoms with Crippen molar-refractivity contribution < 1.29 is 9.59 Å². The van der Waals surface area contributed by atoms with Crippen LogP contribution in [0.1, 0.15) is 36.1 Å². The maximum absolute atomic E-state index is 13.0. The molecule has 2 aromatic rings. The molecule has 0 unspecified atom stereocenters. The van der Waals surface area contributed by atoms with Crippen molar-refractivity contribution in [3.8, 4) is 11.1 Å². The van der Waals surface area contributed by atoms with Gasteiger partial charge in [-0.05, 0) is 73.9 Å². The van der Waals surface area contributed by atoms with Crippen molar-refractivity contribution in [2.45, 2.75) is 33.1 Å². The lowest BCUT2D eigenvalue weighted by molar-refractivity contribution is -0.118. The average Bonchev–Trinajstić information content (AvgIpc) is 3.05. The number of carbonyl (C=O) groups excluding carboxylic acids is 2. The molecule has 0 N–H and O–H groups in total. The fourth-order valence-corrected chi connectivity index (χ4v) is 4.58. The third-order valence-corrected chi connectivity index (χ3v) is 5.99. The van der Waals surface area contributed by atoms with Gasteiger partial charge in [-0.2, -0.15) is 0 Å². The van der Waals surface area contributed by atoms with Gasteiger partial charge >= 0.3 is 0 Å². The van der Waals surface area contributed by atoms with Crippen LogP contribution in [0.5, 0.6) is 0 Å². The van der Waals surface area contributed by atoms with E-state index in [1.807, 2.05) is 38.1 Å². The van der Waals surface area contributed by atoms with Crippen molar-refractivity contribution in [3.63, 3.8) is 0 Å². The summed E-state index contributed by atoms with van der Waals surface area (Å²) < 4.78 is 0. The minimum atomic E-state index is 0.0701. The first-order valence-electron chi connectivity index (χ1n) is 8.97. The molecule has 0 amide bonds. The normalized spacial score (nSPS) is 22.0. The number of fused-ring (bicyclic) bond motifs is 2. The van der Waals surface area contributed by atoms with Gasteiger partial charge in [0.25, 0.3) is 0 Å². The third-order valence-electron chi connectivity index (χ3n) is 5.78. The van der Waals surface area contributed by atoms with Crippen LogP contribution < -0.4 is 0 Å². The number of rotatable bonds is 3. The maximum Gasteiger partial charge on any atom is 0.166 e. The summed E-state index contributed by atoms with van der Waals surface area (Å²) in [7, 11) is 0. The van der Waals surface area contributed by atoms with E-state index in [0.29, 0.717) is 16.3 Å². The van der Waals surface area contributed by atoms with E-state index >= 15 is 0 Å². The number of hydrogen-bond acceptors (Lipinski definition) is 3. The van der Waals surface area contributed by atoms with E-state index in [4.69, 9.17) is 11.6 Å². The highest BCUT2D eigenvalue weighted by atomic mass is 35.5. The number of carbonyl (C=O) groups is 2. The zero-order chi connectivity index (χ0) is 18.4. The van der Waals surface area contributed by atoms with Gasteiger partial charge in [0, 0.05) is 28.3 Å². The number of halogens is 1. The summed E-state index contributed by atoms with van der Waals surface area (Å²) in [6, 6.07) is 9.78. The second-order valence-electron chi connectivity index (χ2n) is 7.32. The van der Waals surface area contributed by atoms with Gasteiger partial charge < -0.3 is 0 Å². The average molecular weight is 366 g/mol. The standard InChI is InChI=1S/C22H20ClNO2/c1-12-3-4-15(17-7-8-20(23)24-13(17)2)10-18(12)21-19(11-25)14-5-6-16(9-14)22(21)26/h3-4,7-8,10-11,14,16H,5-6,9H2,1-2H3/t14-,16+/m0/s1. The number of benzene rings is 1. The van der Waals surface area contributed by atoms with Gasteiger partial charge in [0.2, 0.25) is 0 Å². The Hall–Kier alpha value is -2.26. The van der Waals surface area contributed by atoms with Crippen molar-refractivity contribution >= 4 is 29.2 Å². The fraction of sp³-hybridized carbons (Fsp3) is 0.318. The lowest BCUT2D eigenvalue weighted by Crippen LogP contribution is -2.22. The minimum Gasteiger partial charge on any atom is -0.298 e. The van der Waals surface area contributed by atoms with Gasteiger partial charge in [0.05, 0.1) is 0 Å². The Morgan fingerprint density at radius 2 is 1.85 bits per heavy atom. The highest BCUT2D eigenvalue weighted by Gasteiger charge is 2.41. The molecular formula is C22H20ClNO2. The molecule has 1 fully saturated rings. The molecule has 2 atom stereocenters. The molecule has 4 heteroatoms.